The van der Waals surface area contributed by atoms with Crippen LogP contribution in [0.3, 0.4) is 0 Å². The Kier molecular flexibility index (Phi) is 5.60. The van der Waals surface area contributed by atoms with E-state index in [1.54, 1.807) is 13.2 Å². The number of hydrogen-bond acceptors (Lipinski definition) is 6. The number of hydrogen-bond donors (Lipinski definition) is 0. The summed E-state index contributed by atoms with van der Waals surface area (Å²) in [7, 11) is 1.63. The Bertz CT molecular complexity index is 1160. The topological polar surface area (TPSA) is 109 Å². The van der Waals surface area contributed by atoms with Gasteiger partial charge in [0.1, 0.15) is 0 Å². The van der Waals surface area contributed by atoms with Gasteiger partial charge in [-0.2, -0.15) is 0 Å². The molecule has 9 heteroatoms. The zero-order valence-corrected chi connectivity index (χ0v) is 16.7. The molecular weight excluding hydrogens is 376 g/mol. The van der Waals surface area contributed by atoms with E-state index in [0.29, 0.717) is 17.7 Å². The number of nitro groups is 1. The molecule has 3 rings (SSSR count). The van der Waals surface area contributed by atoms with Crippen LogP contribution in [-0.4, -0.2) is 38.5 Å². The number of nitro benzene ring substituents is 1. The molecule has 0 spiro atoms. The van der Waals surface area contributed by atoms with E-state index in [0.717, 1.165) is 11.4 Å². The molecule has 29 heavy (non-hydrogen) atoms. The SMILES string of the molecule is COC[C@@H](C)n1c(C)cc(C(=O)Cn2cnc3ccc([N+](=O)[O-])cc3c2=O)c1C. The van der Waals surface area contributed by atoms with Crippen molar-refractivity contribution in [3.05, 3.63) is 68.0 Å². The van der Waals surface area contributed by atoms with Crippen molar-refractivity contribution in [1.82, 2.24) is 14.1 Å². The molecule has 1 aromatic carbocycles. The highest BCUT2D eigenvalue weighted by molar-refractivity contribution is 5.97. The number of ketones is 1. The lowest BCUT2D eigenvalue weighted by molar-refractivity contribution is -0.384. The number of fused-ring (bicyclic) bond motifs is 1. The highest BCUT2D eigenvalue weighted by Gasteiger charge is 2.20. The summed E-state index contributed by atoms with van der Waals surface area (Å²) < 4.78 is 8.42. The molecule has 3 aromatic rings. The lowest BCUT2D eigenvalue weighted by atomic mass is 10.1. The Hall–Kier alpha value is -3.33. The van der Waals surface area contributed by atoms with Gasteiger partial charge < -0.3 is 9.30 Å². The first-order valence-electron chi connectivity index (χ1n) is 9.08. The Morgan fingerprint density at radius 2 is 2.03 bits per heavy atom. The summed E-state index contributed by atoms with van der Waals surface area (Å²) in [5.74, 6) is -0.234. The van der Waals surface area contributed by atoms with Crippen LogP contribution in [0.2, 0.25) is 0 Å². The third kappa shape index (κ3) is 3.81. The second-order valence-electron chi connectivity index (χ2n) is 7.02. The van der Waals surface area contributed by atoms with Crippen LogP contribution in [0, 0.1) is 24.0 Å². The fourth-order valence-corrected chi connectivity index (χ4v) is 3.67. The summed E-state index contributed by atoms with van der Waals surface area (Å²) in [4.78, 5) is 40.2. The molecule has 0 aliphatic heterocycles. The monoisotopic (exact) mass is 398 g/mol. The fraction of sp³-hybridized carbons (Fsp3) is 0.350. The number of benzene rings is 1. The summed E-state index contributed by atoms with van der Waals surface area (Å²) in [6.07, 6.45) is 1.29. The second kappa shape index (κ2) is 7.96. The van der Waals surface area contributed by atoms with Gasteiger partial charge in [-0.25, -0.2) is 4.98 Å². The number of aryl methyl sites for hydroxylation is 1. The van der Waals surface area contributed by atoms with E-state index in [9.17, 15) is 19.7 Å². The predicted octanol–water partition coefficient (Wildman–Crippen LogP) is 2.81. The zero-order valence-electron chi connectivity index (χ0n) is 16.7. The van der Waals surface area contributed by atoms with E-state index < -0.39 is 10.5 Å². The molecule has 152 valence electrons. The third-order valence-electron chi connectivity index (χ3n) is 4.97. The van der Waals surface area contributed by atoms with Gasteiger partial charge in [-0.05, 0) is 32.9 Å². The maximum atomic E-state index is 12.9. The Morgan fingerprint density at radius 1 is 1.31 bits per heavy atom. The van der Waals surface area contributed by atoms with Gasteiger partial charge in [-0.15, -0.1) is 0 Å². The minimum atomic E-state index is -0.572. The molecule has 0 bridgehead atoms. The van der Waals surface area contributed by atoms with E-state index in [4.69, 9.17) is 4.74 Å². The number of nitrogens with zero attached hydrogens (tertiary/aromatic N) is 4. The molecule has 0 radical (unpaired) electrons. The molecule has 1 atom stereocenters. The van der Waals surface area contributed by atoms with Crippen molar-refractivity contribution >= 4 is 22.4 Å². The van der Waals surface area contributed by atoms with Crippen LogP contribution in [0.4, 0.5) is 5.69 Å². The second-order valence-corrected chi connectivity index (χ2v) is 7.02. The Labute approximate surface area is 166 Å². The van der Waals surface area contributed by atoms with Crippen LogP contribution < -0.4 is 5.56 Å². The van der Waals surface area contributed by atoms with Crippen molar-refractivity contribution in [1.29, 1.82) is 0 Å². The lowest BCUT2D eigenvalue weighted by Crippen LogP contribution is -2.25. The van der Waals surface area contributed by atoms with Crippen molar-refractivity contribution < 1.29 is 14.5 Å². The number of methoxy groups -OCH3 is 1. The Balaban J connectivity index is 1.96. The minimum absolute atomic E-state index is 0.0622. The van der Waals surface area contributed by atoms with Crippen molar-refractivity contribution in [2.45, 2.75) is 33.4 Å². The molecule has 0 N–H and O–H groups in total. The van der Waals surface area contributed by atoms with Crippen LogP contribution in [-0.2, 0) is 11.3 Å². The van der Waals surface area contributed by atoms with E-state index in [-0.39, 0.29) is 29.4 Å². The van der Waals surface area contributed by atoms with Crippen LogP contribution in [0.15, 0.2) is 35.4 Å². The maximum Gasteiger partial charge on any atom is 0.270 e. The smallest absolute Gasteiger partial charge is 0.270 e. The standard InChI is InChI=1S/C20H22N4O5/c1-12-7-16(14(3)23(12)13(2)10-29-4)19(25)9-22-11-21-18-6-5-15(24(27)28)8-17(18)20(22)26/h5-8,11,13H,9-10H2,1-4H3/t13-/m1/s1. The summed E-state index contributed by atoms with van der Waals surface area (Å²) >= 11 is 0. The molecule has 2 aromatic heterocycles. The van der Waals surface area contributed by atoms with Crippen LogP contribution in [0.1, 0.15) is 34.7 Å². The first-order valence-corrected chi connectivity index (χ1v) is 9.08. The average Bonchev–Trinajstić information content (AvgIpc) is 2.98. The molecule has 9 nitrogen and oxygen atoms in total. The lowest BCUT2D eigenvalue weighted by Gasteiger charge is -2.17. The molecule has 0 aliphatic carbocycles. The summed E-state index contributed by atoms with van der Waals surface area (Å²) in [6, 6.07) is 5.76. The van der Waals surface area contributed by atoms with Crippen LogP contribution in [0.25, 0.3) is 10.9 Å². The van der Waals surface area contributed by atoms with E-state index >= 15 is 0 Å². The van der Waals surface area contributed by atoms with Crippen LogP contribution >= 0.6 is 0 Å². The number of rotatable bonds is 7. The minimum Gasteiger partial charge on any atom is -0.383 e. The van der Waals surface area contributed by atoms with Gasteiger partial charge in [0.2, 0.25) is 0 Å². The summed E-state index contributed by atoms with van der Waals surface area (Å²) in [5.41, 5.74) is 1.90. The van der Waals surface area contributed by atoms with Crippen molar-refractivity contribution in [3.8, 4) is 0 Å². The van der Waals surface area contributed by atoms with Gasteiger partial charge in [-0.3, -0.25) is 24.3 Å². The molecule has 0 fully saturated rings. The molecule has 0 saturated heterocycles. The first kappa shape index (κ1) is 20.4. The number of ether oxygens (including phenoxy) is 1. The van der Waals surface area contributed by atoms with Crippen molar-refractivity contribution in [2.24, 2.45) is 0 Å². The third-order valence-corrected chi connectivity index (χ3v) is 4.97. The van der Waals surface area contributed by atoms with Gasteiger partial charge in [0.25, 0.3) is 11.2 Å². The molecular formula is C20H22N4O5. The maximum absolute atomic E-state index is 12.9. The highest BCUT2D eigenvalue weighted by Crippen LogP contribution is 2.22. The molecule has 2 heterocycles. The molecule has 0 unspecified atom stereocenters. The van der Waals surface area contributed by atoms with E-state index in [2.05, 4.69) is 4.98 Å². The normalized spacial score (nSPS) is 12.3. The number of aromatic nitrogens is 3. The highest BCUT2D eigenvalue weighted by atomic mass is 16.6. The van der Waals surface area contributed by atoms with Gasteiger partial charge in [-0.1, -0.05) is 0 Å². The predicted molar refractivity (Wildman–Crippen MR) is 107 cm³/mol. The van der Waals surface area contributed by atoms with Crippen molar-refractivity contribution in [3.63, 3.8) is 0 Å². The van der Waals surface area contributed by atoms with Crippen LogP contribution in [0.5, 0.6) is 0 Å². The van der Waals surface area contributed by atoms with E-state index in [1.807, 2.05) is 25.3 Å². The first-order chi connectivity index (χ1) is 13.7. The van der Waals surface area contributed by atoms with Gasteiger partial charge in [0.15, 0.2) is 5.78 Å². The largest absolute Gasteiger partial charge is 0.383 e. The fourth-order valence-electron chi connectivity index (χ4n) is 3.67. The van der Waals surface area contributed by atoms with Crippen molar-refractivity contribution in [2.75, 3.05) is 13.7 Å². The van der Waals surface area contributed by atoms with Gasteiger partial charge in [0, 0.05) is 36.2 Å². The summed E-state index contributed by atoms with van der Waals surface area (Å²) in [6.45, 7) is 6.09. The van der Waals surface area contributed by atoms with Gasteiger partial charge in [0.05, 0.1) is 41.3 Å². The number of Topliss-reactive ketones (excluding diaryl/α,β-unsaturated/α-hetero) is 1. The quantitative estimate of drug-likeness (QED) is 0.344. The molecule has 0 aliphatic rings. The average molecular weight is 398 g/mol. The molecule has 0 amide bonds. The summed E-state index contributed by atoms with van der Waals surface area (Å²) in [5, 5.41) is 11.1. The van der Waals surface area contributed by atoms with Gasteiger partial charge >= 0.3 is 0 Å². The zero-order chi connectivity index (χ0) is 21.3. The number of non-ortho nitro benzene ring substituents is 1. The number of carbonyl (C=O) groups is 1. The molecule has 0 saturated carbocycles. The Morgan fingerprint density at radius 3 is 2.69 bits per heavy atom. The number of carbonyl (C=O) groups excluding carboxylic acids is 1. The van der Waals surface area contributed by atoms with E-state index in [1.165, 1.54) is 29.1 Å².